The van der Waals surface area contributed by atoms with E-state index >= 15 is 0 Å². The third-order valence-electron chi connectivity index (χ3n) is 3.26. The molecule has 0 radical (unpaired) electrons. The van der Waals surface area contributed by atoms with Crippen molar-refractivity contribution in [3.8, 4) is 0 Å². The van der Waals surface area contributed by atoms with Gasteiger partial charge < -0.3 is 0 Å². The van der Waals surface area contributed by atoms with Gasteiger partial charge in [0.25, 0.3) is 0 Å². The highest BCUT2D eigenvalue weighted by molar-refractivity contribution is 7.86. The predicted molar refractivity (Wildman–Crippen MR) is 75.6 cm³/mol. The number of aryl methyl sites for hydroxylation is 2. The summed E-state index contributed by atoms with van der Waals surface area (Å²) in [5.74, 6) is -0.838. The molecule has 0 bridgehead atoms. The van der Waals surface area contributed by atoms with E-state index in [9.17, 15) is 13.8 Å². The molecule has 1 heterocycles. The highest BCUT2D eigenvalue weighted by atomic mass is 32.2. The van der Waals surface area contributed by atoms with Crippen LogP contribution in [0.5, 0.6) is 0 Å². The molecule has 2 rings (SSSR count). The van der Waals surface area contributed by atoms with Crippen molar-refractivity contribution >= 4 is 28.3 Å². The summed E-state index contributed by atoms with van der Waals surface area (Å²) in [6.07, 6.45) is 1.51. The normalized spacial score (nSPS) is 17.1. The zero-order valence-electron chi connectivity index (χ0n) is 11.1. The van der Waals surface area contributed by atoms with Gasteiger partial charge in [0.1, 0.15) is 11.5 Å². The summed E-state index contributed by atoms with van der Waals surface area (Å²) in [4.78, 5) is 25.4. The fourth-order valence-electron chi connectivity index (χ4n) is 2.35. The summed E-state index contributed by atoms with van der Waals surface area (Å²) in [5.41, 5.74) is 2.67. The van der Waals surface area contributed by atoms with Crippen LogP contribution in [-0.4, -0.2) is 27.5 Å². The van der Waals surface area contributed by atoms with Crippen molar-refractivity contribution in [3.05, 3.63) is 29.3 Å². The van der Waals surface area contributed by atoms with Crippen molar-refractivity contribution in [3.63, 3.8) is 0 Å². The smallest absolute Gasteiger partial charge is 0.246 e. The van der Waals surface area contributed by atoms with Crippen LogP contribution in [0.1, 0.15) is 25.0 Å². The number of hydrogen-bond acceptors (Lipinski definition) is 3. The van der Waals surface area contributed by atoms with Crippen molar-refractivity contribution < 1.29 is 13.8 Å². The van der Waals surface area contributed by atoms with Crippen LogP contribution in [0.15, 0.2) is 18.2 Å². The monoisotopic (exact) mass is 279 g/mol. The second-order valence-corrected chi connectivity index (χ2v) is 5.94. The highest BCUT2D eigenvalue weighted by Crippen LogP contribution is 2.28. The number of imide groups is 1. The van der Waals surface area contributed by atoms with Crippen LogP contribution in [0, 0.1) is 0 Å². The van der Waals surface area contributed by atoms with Gasteiger partial charge in [0, 0.05) is 10.8 Å². The van der Waals surface area contributed by atoms with Crippen LogP contribution in [-0.2, 0) is 33.2 Å². The number of anilines is 1. The summed E-state index contributed by atoms with van der Waals surface area (Å²) in [6, 6.07) is 5.81. The number of carbonyl (C=O) groups is 2. The molecule has 1 saturated heterocycles. The molecule has 0 atom stereocenters. The lowest BCUT2D eigenvalue weighted by molar-refractivity contribution is -0.124. The zero-order chi connectivity index (χ0) is 14.0. The van der Waals surface area contributed by atoms with E-state index in [2.05, 4.69) is 0 Å². The molecular formula is C14H17NO3S. The van der Waals surface area contributed by atoms with Crippen LogP contribution >= 0.6 is 0 Å². The summed E-state index contributed by atoms with van der Waals surface area (Å²) in [7, 11) is -1.35. The van der Waals surface area contributed by atoms with E-state index in [1.807, 2.05) is 32.0 Å². The fourth-order valence-corrected chi connectivity index (χ4v) is 3.26. The first-order valence-electron chi connectivity index (χ1n) is 6.40. The van der Waals surface area contributed by atoms with Gasteiger partial charge >= 0.3 is 0 Å². The Labute approximate surface area is 115 Å². The van der Waals surface area contributed by atoms with Gasteiger partial charge in [-0.25, -0.2) is 4.90 Å². The second kappa shape index (κ2) is 5.65. The van der Waals surface area contributed by atoms with E-state index < -0.39 is 10.8 Å². The molecule has 102 valence electrons. The number of hydrogen-bond donors (Lipinski definition) is 0. The molecule has 1 aromatic carbocycles. The fraction of sp³-hybridized carbons (Fsp3) is 0.429. The Bertz CT molecular complexity index is 511. The Balaban J connectivity index is 2.54. The minimum absolute atomic E-state index is 0.0626. The largest absolute Gasteiger partial charge is 0.273 e. The lowest BCUT2D eigenvalue weighted by atomic mass is 10.0. The molecule has 0 spiro atoms. The first kappa shape index (κ1) is 13.9. The van der Waals surface area contributed by atoms with Gasteiger partial charge in [-0.1, -0.05) is 32.0 Å². The third-order valence-corrected chi connectivity index (χ3v) is 4.39. The Morgan fingerprint density at radius 1 is 1.05 bits per heavy atom. The molecule has 19 heavy (non-hydrogen) atoms. The van der Waals surface area contributed by atoms with Gasteiger partial charge in [-0.3, -0.25) is 13.8 Å². The van der Waals surface area contributed by atoms with Gasteiger partial charge in [0.15, 0.2) is 0 Å². The van der Waals surface area contributed by atoms with Gasteiger partial charge in [-0.2, -0.15) is 0 Å². The van der Waals surface area contributed by atoms with E-state index in [0.717, 1.165) is 24.0 Å². The summed E-state index contributed by atoms with van der Waals surface area (Å²) < 4.78 is 11.4. The van der Waals surface area contributed by atoms with E-state index in [4.69, 9.17) is 0 Å². The van der Waals surface area contributed by atoms with Crippen LogP contribution in [0.3, 0.4) is 0 Å². The molecule has 4 nitrogen and oxygen atoms in total. The summed E-state index contributed by atoms with van der Waals surface area (Å²) in [5, 5.41) is 0. The highest BCUT2D eigenvalue weighted by Gasteiger charge is 2.33. The lowest BCUT2D eigenvalue weighted by Gasteiger charge is -2.28. The second-order valence-electron chi connectivity index (χ2n) is 4.48. The SMILES string of the molecule is CCc1cccc(CC)c1N1C(=O)CS(=O)CC1=O. The predicted octanol–water partition coefficient (Wildman–Crippen LogP) is 1.43. The molecular weight excluding hydrogens is 262 g/mol. The first-order chi connectivity index (χ1) is 9.08. The molecule has 1 fully saturated rings. The Morgan fingerprint density at radius 2 is 1.53 bits per heavy atom. The van der Waals surface area contributed by atoms with E-state index in [-0.39, 0.29) is 23.3 Å². The van der Waals surface area contributed by atoms with Gasteiger partial charge in [-0.15, -0.1) is 0 Å². The van der Waals surface area contributed by atoms with Crippen molar-refractivity contribution in [1.82, 2.24) is 0 Å². The van der Waals surface area contributed by atoms with Gasteiger partial charge in [0.05, 0.1) is 5.69 Å². The van der Waals surface area contributed by atoms with Gasteiger partial charge in [-0.05, 0) is 24.0 Å². The summed E-state index contributed by atoms with van der Waals surface area (Å²) in [6.45, 7) is 3.99. The number of benzene rings is 1. The minimum atomic E-state index is -1.35. The Morgan fingerprint density at radius 3 is 1.95 bits per heavy atom. The third kappa shape index (κ3) is 2.61. The quantitative estimate of drug-likeness (QED) is 0.787. The topological polar surface area (TPSA) is 54.5 Å². The maximum Gasteiger partial charge on any atom is 0.246 e. The van der Waals surface area contributed by atoms with Crippen molar-refractivity contribution in [2.24, 2.45) is 0 Å². The van der Waals surface area contributed by atoms with Crippen molar-refractivity contribution in [1.29, 1.82) is 0 Å². The standard InChI is InChI=1S/C14H17NO3S/c1-3-10-6-5-7-11(4-2)14(10)15-12(16)8-19(18)9-13(15)17/h5-7H,3-4,8-9H2,1-2H3. The van der Waals surface area contributed by atoms with E-state index in [1.165, 1.54) is 4.90 Å². The molecule has 5 heteroatoms. The average Bonchev–Trinajstić information content (AvgIpc) is 2.37. The molecule has 0 unspecified atom stereocenters. The molecule has 0 N–H and O–H groups in total. The number of rotatable bonds is 3. The number of carbonyl (C=O) groups excluding carboxylic acids is 2. The Hall–Kier alpha value is -1.49. The molecule has 2 amide bonds. The van der Waals surface area contributed by atoms with Crippen molar-refractivity contribution in [2.75, 3.05) is 16.4 Å². The van der Waals surface area contributed by atoms with Crippen LogP contribution in [0.25, 0.3) is 0 Å². The number of amides is 2. The van der Waals surface area contributed by atoms with Crippen molar-refractivity contribution in [2.45, 2.75) is 26.7 Å². The average molecular weight is 279 g/mol. The van der Waals surface area contributed by atoms with E-state index in [0.29, 0.717) is 5.69 Å². The molecule has 1 aromatic rings. The van der Waals surface area contributed by atoms with Gasteiger partial charge in [0.2, 0.25) is 11.8 Å². The van der Waals surface area contributed by atoms with Crippen LogP contribution in [0.2, 0.25) is 0 Å². The first-order valence-corrected chi connectivity index (χ1v) is 7.88. The van der Waals surface area contributed by atoms with Crippen LogP contribution in [0.4, 0.5) is 5.69 Å². The summed E-state index contributed by atoms with van der Waals surface area (Å²) >= 11 is 0. The molecule has 1 aliphatic rings. The number of para-hydroxylation sites is 1. The Kier molecular flexibility index (Phi) is 4.14. The zero-order valence-corrected chi connectivity index (χ0v) is 12.0. The molecule has 0 aliphatic carbocycles. The maximum atomic E-state index is 12.1. The lowest BCUT2D eigenvalue weighted by Crippen LogP contribution is -2.48. The van der Waals surface area contributed by atoms with Crippen LogP contribution < -0.4 is 4.90 Å². The maximum absolute atomic E-state index is 12.1. The molecule has 1 aliphatic heterocycles. The van der Waals surface area contributed by atoms with E-state index in [1.54, 1.807) is 0 Å². The number of nitrogens with zero attached hydrogens (tertiary/aromatic N) is 1. The molecule has 0 saturated carbocycles. The minimum Gasteiger partial charge on any atom is -0.273 e. The molecule has 0 aromatic heterocycles.